The van der Waals surface area contributed by atoms with Gasteiger partial charge in [0.15, 0.2) is 0 Å². The highest BCUT2D eigenvalue weighted by Gasteiger charge is 1.97. The zero-order valence-electron chi connectivity index (χ0n) is 12.3. The van der Waals surface area contributed by atoms with Crippen molar-refractivity contribution >= 4 is 6.29 Å². The van der Waals surface area contributed by atoms with E-state index in [1.54, 1.807) is 0 Å². The van der Waals surface area contributed by atoms with Crippen LogP contribution < -0.4 is 4.74 Å². The van der Waals surface area contributed by atoms with Crippen LogP contribution in [0.1, 0.15) is 30.4 Å². The van der Waals surface area contributed by atoms with E-state index in [9.17, 15) is 4.79 Å². The van der Waals surface area contributed by atoms with Crippen LogP contribution in [0.15, 0.2) is 54.6 Å². The second-order valence-corrected chi connectivity index (χ2v) is 5.14. The summed E-state index contributed by atoms with van der Waals surface area (Å²) >= 11 is 0. The van der Waals surface area contributed by atoms with Crippen molar-refractivity contribution in [2.45, 2.75) is 32.1 Å². The van der Waals surface area contributed by atoms with E-state index in [0.29, 0.717) is 13.0 Å². The van der Waals surface area contributed by atoms with E-state index in [2.05, 4.69) is 36.4 Å². The standard InChI is InChI=1S/C19H22O2/c20-15-6-2-5-9-18-10-12-19(13-11-18)21-16-14-17-7-3-1-4-8-17/h1,3-4,7-8,10-13,15H,2,5-6,9,14,16H2. The Balaban J connectivity index is 1.71. The first-order valence-electron chi connectivity index (χ1n) is 7.58. The fourth-order valence-electron chi connectivity index (χ4n) is 2.24. The van der Waals surface area contributed by atoms with Crippen LogP contribution in [0.3, 0.4) is 0 Å². The maximum absolute atomic E-state index is 10.2. The molecule has 0 unspecified atom stereocenters. The third-order valence-corrected chi connectivity index (χ3v) is 3.46. The lowest BCUT2D eigenvalue weighted by atomic mass is 10.1. The molecular formula is C19H22O2. The zero-order valence-corrected chi connectivity index (χ0v) is 12.3. The zero-order chi connectivity index (χ0) is 14.8. The summed E-state index contributed by atoms with van der Waals surface area (Å²) in [6, 6.07) is 18.6. The Morgan fingerprint density at radius 2 is 1.52 bits per heavy atom. The molecule has 2 heteroatoms. The fourth-order valence-corrected chi connectivity index (χ4v) is 2.24. The van der Waals surface area contributed by atoms with Crippen LogP contribution in [-0.4, -0.2) is 12.9 Å². The van der Waals surface area contributed by atoms with Crippen LogP contribution in [-0.2, 0) is 17.6 Å². The summed E-state index contributed by atoms with van der Waals surface area (Å²) < 4.78 is 5.76. The van der Waals surface area contributed by atoms with Gasteiger partial charge in [-0.05, 0) is 42.5 Å². The summed E-state index contributed by atoms with van der Waals surface area (Å²) in [6.07, 6.45) is 5.64. The van der Waals surface area contributed by atoms with E-state index in [1.165, 1.54) is 11.1 Å². The highest BCUT2D eigenvalue weighted by molar-refractivity contribution is 5.48. The highest BCUT2D eigenvalue weighted by Crippen LogP contribution is 2.14. The van der Waals surface area contributed by atoms with Gasteiger partial charge in [-0.1, -0.05) is 42.5 Å². The van der Waals surface area contributed by atoms with Crippen molar-refractivity contribution in [2.75, 3.05) is 6.61 Å². The summed E-state index contributed by atoms with van der Waals surface area (Å²) in [7, 11) is 0. The molecule has 0 fully saturated rings. The predicted octanol–water partition coefficient (Wildman–Crippen LogP) is 4.22. The Hall–Kier alpha value is -2.09. The molecule has 0 saturated heterocycles. The Labute approximate surface area is 126 Å². The van der Waals surface area contributed by atoms with Crippen LogP contribution in [0.4, 0.5) is 0 Å². The molecule has 0 aliphatic carbocycles. The van der Waals surface area contributed by atoms with E-state index in [0.717, 1.165) is 37.7 Å². The van der Waals surface area contributed by atoms with E-state index in [4.69, 9.17) is 4.74 Å². The number of ether oxygens (including phenoxy) is 1. The molecule has 0 aliphatic heterocycles. The van der Waals surface area contributed by atoms with Gasteiger partial charge in [-0.15, -0.1) is 0 Å². The Morgan fingerprint density at radius 1 is 0.810 bits per heavy atom. The van der Waals surface area contributed by atoms with E-state index in [-0.39, 0.29) is 0 Å². The minimum atomic E-state index is 0.667. The van der Waals surface area contributed by atoms with Gasteiger partial charge in [-0.25, -0.2) is 0 Å². The van der Waals surface area contributed by atoms with Crippen LogP contribution in [0.2, 0.25) is 0 Å². The lowest BCUT2D eigenvalue weighted by Gasteiger charge is -2.07. The summed E-state index contributed by atoms with van der Waals surface area (Å²) in [6.45, 7) is 0.697. The molecule has 0 N–H and O–H groups in total. The average Bonchev–Trinajstić information content (AvgIpc) is 2.54. The maximum Gasteiger partial charge on any atom is 0.119 e. The first kappa shape index (κ1) is 15.3. The van der Waals surface area contributed by atoms with Crippen LogP contribution in [0, 0.1) is 0 Å². The minimum absolute atomic E-state index is 0.667. The second-order valence-electron chi connectivity index (χ2n) is 5.14. The number of carbonyl (C=O) groups is 1. The van der Waals surface area contributed by atoms with Crippen molar-refractivity contribution < 1.29 is 9.53 Å². The summed E-state index contributed by atoms with van der Waals surface area (Å²) in [5.74, 6) is 0.919. The molecule has 110 valence electrons. The van der Waals surface area contributed by atoms with Gasteiger partial charge in [0, 0.05) is 12.8 Å². The number of benzene rings is 2. The SMILES string of the molecule is O=CCCCCc1ccc(OCCc2ccccc2)cc1. The van der Waals surface area contributed by atoms with E-state index in [1.807, 2.05) is 18.2 Å². The quantitative estimate of drug-likeness (QED) is 0.508. The van der Waals surface area contributed by atoms with Crippen LogP contribution in [0.25, 0.3) is 0 Å². The van der Waals surface area contributed by atoms with Crippen molar-refractivity contribution in [3.05, 3.63) is 65.7 Å². The molecule has 2 nitrogen and oxygen atoms in total. The van der Waals surface area contributed by atoms with Gasteiger partial charge >= 0.3 is 0 Å². The smallest absolute Gasteiger partial charge is 0.119 e. The third kappa shape index (κ3) is 5.82. The molecule has 2 aromatic rings. The molecule has 0 aliphatic rings. The fraction of sp³-hybridized carbons (Fsp3) is 0.316. The number of aldehydes is 1. The van der Waals surface area contributed by atoms with Gasteiger partial charge in [0.25, 0.3) is 0 Å². The normalized spacial score (nSPS) is 10.3. The number of aryl methyl sites for hydroxylation is 1. The molecule has 0 radical (unpaired) electrons. The molecule has 0 amide bonds. The number of unbranched alkanes of at least 4 members (excludes halogenated alkanes) is 2. The molecule has 0 aromatic heterocycles. The maximum atomic E-state index is 10.2. The van der Waals surface area contributed by atoms with Gasteiger partial charge in [0.1, 0.15) is 12.0 Å². The summed E-state index contributed by atoms with van der Waals surface area (Å²) in [5.41, 5.74) is 2.60. The lowest BCUT2D eigenvalue weighted by molar-refractivity contribution is -0.107. The van der Waals surface area contributed by atoms with Crippen molar-refractivity contribution in [3.63, 3.8) is 0 Å². The van der Waals surface area contributed by atoms with Crippen molar-refractivity contribution in [2.24, 2.45) is 0 Å². The van der Waals surface area contributed by atoms with E-state index >= 15 is 0 Å². The monoisotopic (exact) mass is 282 g/mol. The van der Waals surface area contributed by atoms with E-state index < -0.39 is 0 Å². The van der Waals surface area contributed by atoms with Crippen LogP contribution in [0.5, 0.6) is 5.75 Å². The van der Waals surface area contributed by atoms with Crippen molar-refractivity contribution in [3.8, 4) is 5.75 Å². The third-order valence-electron chi connectivity index (χ3n) is 3.46. The van der Waals surface area contributed by atoms with Crippen LogP contribution >= 0.6 is 0 Å². The molecule has 0 atom stereocenters. The average molecular weight is 282 g/mol. The summed E-state index contributed by atoms with van der Waals surface area (Å²) in [5, 5.41) is 0. The van der Waals surface area contributed by atoms with Gasteiger partial charge in [-0.3, -0.25) is 0 Å². The van der Waals surface area contributed by atoms with Crippen molar-refractivity contribution in [1.29, 1.82) is 0 Å². The Bertz CT molecular complexity index is 517. The molecule has 0 saturated carbocycles. The Morgan fingerprint density at radius 3 is 2.24 bits per heavy atom. The second kappa shape index (κ2) is 8.96. The predicted molar refractivity (Wildman–Crippen MR) is 85.7 cm³/mol. The Kier molecular flexibility index (Phi) is 6.53. The number of rotatable bonds is 9. The first-order chi connectivity index (χ1) is 10.4. The molecule has 21 heavy (non-hydrogen) atoms. The lowest BCUT2D eigenvalue weighted by Crippen LogP contribution is -2.01. The number of hydrogen-bond donors (Lipinski definition) is 0. The summed E-state index contributed by atoms with van der Waals surface area (Å²) in [4.78, 5) is 10.2. The first-order valence-corrected chi connectivity index (χ1v) is 7.58. The van der Waals surface area contributed by atoms with Gasteiger partial charge in [0.2, 0.25) is 0 Å². The number of hydrogen-bond acceptors (Lipinski definition) is 2. The molecule has 0 bridgehead atoms. The molecule has 2 aromatic carbocycles. The van der Waals surface area contributed by atoms with Gasteiger partial charge < -0.3 is 9.53 Å². The van der Waals surface area contributed by atoms with Gasteiger partial charge in [0.05, 0.1) is 6.61 Å². The highest BCUT2D eigenvalue weighted by atomic mass is 16.5. The molecule has 0 spiro atoms. The molecular weight excluding hydrogens is 260 g/mol. The molecule has 0 heterocycles. The topological polar surface area (TPSA) is 26.3 Å². The van der Waals surface area contributed by atoms with Gasteiger partial charge in [-0.2, -0.15) is 0 Å². The molecule has 2 rings (SSSR count). The van der Waals surface area contributed by atoms with Crippen molar-refractivity contribution in [1.82, 2.24) is 0 Å². The largest absolute Gasteiger partial charge is 0.493 e. The number of carbonyl (C=O) groups excluding carboxylic acids is 1. The minimum Gasteiger partial charge on any atom is -0.493 e.